The van der Waals surface area contributed by atoms with Crippen LogP contribution in [0.3, 0.4) is 0 Å². The molecule has 0 rings (SSSR count). The van der Waals surface area contributed by atoms with Gasteiger partial charge in [-0.25, -0.2) is 9.13 Å². The number of hydrogen-bond donors (Lipinski definition) is 3. The molecule has 0 spiro atoms. The molecule has 0 aliphatic carbocycles. The molecule has 0 aliphatic heterocycles. The number of hydrogen-bond acceptors (Lipinski definition) is 15. The second-order valence-corrected chi connectivity index (χ2v) is 32.1. The zero-order chi connectivity index (χ0) is 70.9. The van der Waals surface area contributed by atoms with E-state index >= 15 is 0 Å². The van der Waals surface area contributed by atoms with Crippen LogP contribution < -0.4 is 0 Å². The van der Waals surface area contributed by atoms with Crippen molar-refractivity contribution in [2.24, 2.45) is 17.8 Å². The molecule has 0 aromatic heterocycles. The summed E-state index contributed by atoms with van der Waals surface area (Å²) < 4.78 is 68.5. The number of phosphoric ester groups is 2. The molecule has 0 aliphatic rings. The fourth-order valence-electron chi connectivity index (χ4n) is 11.8. The van der Waals surface area contributed by atoms with Crippen LogP contribution in [0.25, 0.3) is 0 Å². The first-order chi connectivity index (χ1) is 46.2. The predicted molar refractivity (Wildman–Crippen MR) is 391 cm³/mol. The van der Waals surface area contributed by atoms with Gasteiger partial charge in [0.1, 0.15) is 19.3 Å². The van der Waals surface area contributed by atoms with E-state index in [0.717, 1.165) is 108 Å². The van der Waals surface area contributed by atoms with Gasteiger partial charge < -0.3 is 33.8 Å². The Morgan fingerprint density at radius 3 is 0.708 bits per heavy atom. The highest BCUT2D eigenvalue weighted by Gasteiger charge is 2.30. The summed E-state index contributed by atoms with van der Waals surface area (Å²) in [5.74, 6) is 0.153. The molecule has 0 saturated carbocycles. The average molecular weight is 1410 g/mol. The SMILES string of the molecule is CCCCCCCCCCCCCCC(=O)O[C@H](COC(=O)CCCCCCCCC(C)C)COP(=O)(O)OC[C@H](O)COP(=O)(O)OC[C@@H](COC(=O)CCCCCCCCCCCCCC(C)C)OC(=O)CCCCCCCCCCCCCCCCCCCCC(C)C. The van der Waals surface area contributed by atoms with Crippen LogP contribution in [0.1, 0.15) is 395 Å². The number of phosphoric acid groups is 2. The monoisotopic (exact) mass is 1410 g/mol. The smallest absolute Gasteiger partial charge is 0.462 e. The molecule has 96 heavy (non-hydrogen) atoms. The second kappa shape index (κ2) is 67.5. The van der Waals surface area contributed by atoms with Crippen molar-refractivity contribution in [3.8, 4) is 0 Å². The highest BCUT2D eigenvalue weighted by atomic mass is 31.2. The minimum Gasteiger partial charge on any atom is -0.462 e. The van der Waals surface area contributed by atoms with E-state index in [9.17, 15) is 43.2 Å². The lowest BCUT2D eigenvalue weighted by Crippen LogP contribution is -2.30. The van der Waals surface area contributed by atoms with Crippen molar-refractivity contribution >= 4 is 39.5 Å². The summed E-state index contributed by atoms with van der Waals surface area (Å²) in [7, 11) is -9.91. The van der Waals surface area contributed by atoms with E-state index in [0.29, 0.717) is 31.6 Å². The van der Waals surface area contributed by atoms with E-state index in [-0.39, 0.29) is 25.7 Å². The van der Waals surface area contributed by atoms with Crippen molar-refractivity contribution in [2.45, 2.75) is 414 Å². The molecule has 2 unspecified atom stereocenters. The number of aliphatic hydroxyl groups is 1. The minimum absolute atomic E-state index is 0.106. The third-order valence-electron chi connectivity index (χ3n) is 17.9. The summed E-state index contributed by atoms with van der Waals surface area (Å²) in [4.78, 5) is 72.8. The fourth-order valence-corrected chi connectivity index (χ4v) is 13.4. The Bertz CT molecular complexity index is 1870. The van der Waals surface area contributed by atoms with Gasteiger partial charge in [-0.3, -0.25) is 37.3 Å². The molecule has 570 valence electrons. The molecule has 0 aromatic rings. The topological polar surface area (TPSA) is 237 Å². The summed E-state index contributed by atoms with van der Waals surface area (Å²) >= 11 is 0. The van der Waals surface area contributed by atoms with Crippen LogP contribution in [0.15, 0.2) is 0 Å². The molecule has 19 heteroatoms. The summed E-state index contributed by atoms with van der Waals surface area (Å²) in [6, 6.07) is 0. The van der Waals surface area contributed by atoms with Gasteiger partial charge in [0.2, 0.25) is 0 Å². The zero-order valence-corrected chi connectivity index (χ0v) is 64.6. The number of carbonyl (C=O) groups excluding carboxylic acids is 4. The van der Waals surface area contributed by atoms with Crippen LogP contribution >= 0.6 is 15.6 Å². The number of unbranched alkanes of at least 4 members (excludes halogenated alkanes) is 43. The Morgan fingerprint density at radius 2 is 0.479 bits per heavy atom. The molecule has 0 radical (unpaired) electrons. The van der Waals surface area contributed by atoms with Crippen LogP contribution in [0.2, 0.25) is 0 Å². The van der Waals surface area contributed by atoms with Gasteiger partial charge in [0, 0.05) is 25.7 Å². The standard InChI is InChI=1S/C77H150O17P2/c1-8-9-10-11-12-13-14-26-32-37-46-53-60-76(81)94-73(65-88-75(80)59-52-45-40-39-43-50-57-70(6)7)67-92-96(85,86)90-63-71(78)62-89-95(83,84)91-66-72(64-87-74(79)58-51-44-36-31-28-23-25-30-35-42-49-56-69(4)5)93-77(82)61-54-47-38-33-27-22-20-18-16-15-17-19-21-24-29-34-41-48-55-68(2)3/h68-73,78H,8-67H2,1-7H3,(H,83,84)(H,85,86)/t71-,72-,73-/m1/s1. The van der Waals surface area contributed by atoms with Gasteiger partial charge in [-0.15, -0.1) is 0 Å². The predicted octanol–water partition coefficient (Wildman–Crippen LogP) is 22.6. The molecule has 0 heterocycles. The molecule has 0 bridgehead atoms. The normalized spacial score (nSPS) is 14.1. The van der Waals surface area contributed by atoms with E-state index in [4.69, 9.17) is 37.0 Å². The Hall–Kier alpha value is -1.94. The number of aliphatic hydroxyl groups excluding tert-OH is 1. The van der Waals surface area contributed by atoms with Crippen molar-refractivity contribution in [3.63, 3.8) is 0 Å². The maximum atomic E-state index is 13.1. The average Bonchev–Trinajstić information content (AvgIpc) is 1.55. The Morgan fingerprint density at radius 1 is 0.281 bits per heavy atom. The fraction of sp³-hybridized carbons (Fsp3) is 0.948. The van der Waals surface area contributed by atoms with Crippen molar-refractivity contribution in [1.29, 1.82) is 0 Å². The number of carbonyl (C=O) groups is 4. The summed E-state index contributed by atoms with van der Waals surface area (Å²) in [5, 5.41) is 10.6. The molecule has 5 atom stereocenters. The highest BCUT2D eigenvalue weighted by molar-refractivity contribution is 7.47. The Labute approximate surface area is 588 Å². The Kier molecular flexibility index (Phi) is 66.2. The summed E-state index contributed by atoms with van der Waals surface area (Å²) in [6.07, 6.45) is 54.3. The van der Waals surface area contributed by atoms with Crippen molar-refractivity contribution in [3.05, 3.63) is 0 Å². The Balaban J connectivity index is 5.20. The highest BCUT2D eigenvalue weighted by Crippen LogP contribution is 2.45. The van der Waals surface area contributed by atoms with Crippen LogP contribution in [0, 0.1) is 17.8 Å². The number of rotatable bonds is 75. The minimum atomic E-state index is -4.96. The van der Waals surface area contributed by atoms with E-state index in [1.807, 2.05) is 0 Å². The number of ether oxygens (including phenoxy) is 4. The van der Waals surface area contributed by atoms with E-state index in [1.165, 1.54) is 199 Å². The molecule has 17 nitrogen and oxygen atoms in total. The van der Waals surface area contributed by atoms with E-state index in [1.54, 1.807) is 0 Å². The van der Waals surface area contributed by atoms with Crippen LogP contribution in [0.4, 0.5) is 0 Å². The third-order valence-corrected chi connectivity index (χ3v) is 19.8. The largest absolute Gasteiger partial charge is 0.472 e. The lowest BCUT2D eigenvalue weighted by Gasteiger charge is -2.21. The molecule has 3 N–H and O–H groups in total. The maximum Gasteiger partial charge on any atom is 0.472 e. The van der Waals surface area contributed by atoms with Crippen molar-refractivity contribution < 1.29 is 80.2 Å². The van der Waals surface area contributed by atoms with Gasteiger partial charge in [-0.2, -0.15) is 0 Å². The lowest BCUT2D eigenvalue weighted by atomic mass is 10.0. The van der Waals surface area contributed by atoms with Gasteiger partial charge >= 0.3 is 39.5 Å². The van der Waals surface area contributed by atoms with Gasteiger partial charge in [-0.05, 0) is 43.4 Å². The van der Waals surface area contributed by atoms with Crippen LogP contribution in [0.5, 0.6) is 0 Å². The zero-order valence-electron chi connectivity index (χ0n) is 62.8. The molecule has 0 aromatic carbocycles. The summed E-state index contributed by atoms with van der Waals surface area (Å²) in [5.41, 5.74) is 0. The molecular formula is C77H150O17P2. The maximum absolute atomic E-state index is 13.1. The van der Waals surface area contributed by atoms with Gasteiger partial charge in [0.15, 0.2) is 12.2 Å². The molecule has 0 amide bonds. The second-order valence-electron chi connectivity index (χ2n) is 29.2. The third kappa shape index (κ3) is 70.5. The number of esters is 4. The van der Waals surface area contributed by atoms with Crippen molar-refractivity contribution in [2.75, 3.05) is 39.6 Å². The first-order valence-corrected chi connectivity index (χ1v) is 42.8. The van der Waals surface area contributed by atoms with Crippen LogP contribution in [-0.4, -0.2) is 96.7 Å². The quantitative estimate of drug-likeness (QED) is 0.0222. The van der Waals surface area contributed by atoms with E-state index < -0.39 is 97.5 Å². The van der Waals surface area contributed by atoms with Gasteiger partial charge in [-0.1, -0.05) is 344 Å². The van der Waals surface area contributed by atoms with Crippen LogP contribution in [-0.2, 0) is 65.4 Å². The van der Waals surface area contributed by atoms with Gasteiger partial charge in [0.25, 0.3) is 0 Å². The molecule has 0 saturated heterocycles. The molecule has 0 fully saturated rings. The first kappa shape index (κ1) is 94.1. The summed E-state index contributed by atoms with van der Waals surface area (Å²) in [6.45, 7) is 11.9. The molecular weight excluding hydrogens is 1260 g/mol. The van der Waals surface area contributed by atoms with Gasteiger partial charge in [0.05, 0.1) is 26.4 Å². The van der Waals surface area contributed by atoms with E-state index in [2.05, 4.69) is 48.5 Å². The first-order valence-electron chi connectivity index (χ1n) is 39.8. The van der Waals surface area contributed by atoms with Crippen molar-refractivity contribution in [1.82, 2.24) is 0 Å². The lowest BCUT2D eigenvalue weighted by molar-refractivity contribution is -0.161.